The molecule has 90 valence electrons. The number of nitriles is 1. The molecule has 1 N–H and O–H groups in total. The van der Waals surface area contributed by atoms with Crippen LogP contribution in [0.15, 0.2) is 6.07 Å². The Morgan fingerprint density at radius 1 is 1.59 bits per heavy atom. The zero-order chi connectivity index (χ0) is 12.3. The molecule has 6 heteroatoms. The molecule has 1 aliphatic rings. The first-order chi connectivity index (χ1) is 8.26. The van der Waals surface area contributed by atoms with Gasteiger partial charge in [0, 0.05) is 20.1 Å². The first-order valence-electron chi connectivity index (χ1n) is 5.35. The van der Waals surface area contributed by atoms with Gasteiger partial charge in [-0.05, 0) is 6.07 Å². The summed E-state index contributed by atoms with van der Waals surface area (Å²) in [5, 5.41) is 12.5. The van der Waals surface area contributed by atoms with E-state index in [1.54, 1.807) is 13.1 Å². The van der Waals surface area contributed by atoms with E-state index in [-0.39, 0.29) is 5.91 Å². The molecule has 0 bridgehead atoms. The molecule has 0 spiro atoms. The molecule has 2 rings (SSSR count). The smallest absolute Gasteiger partial charge is 0.261 e. The molecule has 1 aromatic rings. The van der Waals surface area contributed by atoms with Crippen molar-refractivity contribution in [2.75, 3.05) is 38.3 Å². The van der Waals surface area contributed by atoms with Gasteiger partial charge in [-0.15, -0.1) is 11.3 Å². The normalized spacial score (nSPS) is 15.4. The van der Waals surface area contributed by atoms with E-state index in [9.17, 15) is 4.79 Å². The van der Waals surface area contributed by atoms with Crippen molar-refractivity contribution in [3.05, 3.63) is 16.5 Å². The highest BCUT2D eigenvalue weighted by atomic mass is 32.1. The van der Waals surface area contributed by atoms with Crippen LogP contribution in [-0.4, -0.2) is 39.3 Å². The number of nitrogens with zero attached hydrogens (tertiary/aromatic N) is 2. The molecule has 0 atom stereocenters. The fourth-order valence-electron chi connectivity index (χ4n) is 1.70. The molecule has 1 aromatic heterocycles. The van der Waals surface area contributed by atoms with Crippen molar-refractivity contribution >= 4 is 22.2 Å². The number of hydrogen-bond donors (Lipinski definition) is 1. The van der Waals surface area contributed by atoms with E-state index < -0.39 is 0 Å². The van der Waals surface area contributed by atoms with Crippen molar-refractivity contribution in [1.29, 1.82) is 5.26 Å². The Balaban J connectivity index is 2.29. The third kappa shape index (κ3) is 2.40. The minimum atomic E-state index is -0.147. The number of amides is 1. The molecule has 0 aliphatic carbocycles. The summed E-state index contributed by atoms with van der Waals surface area (Å²) in [7, 11) is 1.59. The third-order valence-corrected chi connectivity index (χ3v) is 3.78. The van der Waals surface area contributed by atoms with Gasteiger partial charge in [0.1, 0.15) is 11.1 Å². The van der Waals surface area contributed by atoms with Gasteiger partial charge < -0.3 is 15.0 Å². The summed E-state index contributed by atoms with van der Waals surface area (Å²) in [6.07, 6.45) is 0. The van der Waals surface area contributed by atoms with Gasteiger partial charge in [0.15, 0.2) is 0 Å². The second-order valence-corrected chi connectivity index (χ2v) is 4.65. The minimum absolute atomic E-state index is 0.147. The van der Waals surface area contributed by atoms with Crippen molar-refractivity contribution in [2.24, 2.45) is 0 Å². The molecule has 0 aromatic carbocycles. The molecule has 0 saturated carbocycles. The number of thiophene rings is 1. The summed E-state index contributed by atoms with van der Waals surface area (Å²) in [4.78, 5) is 14.2. The average molecular weight is 251 g/mol. The van der Waals surface area contributed by atoms with Gasteiger partial charge in [-0.25, -0.2) is 0 Å². The molecule has 1 saturated heterocycles. The van der Waals surface area contributed by atoms with Gasteiger partial charge in [-0.3, -0.25) is 4.79 Å². The van der Waals surface area contributed by atoms with E-state index in [4.69, 9.17) is 10.00 Å². The molecule has 0 radical (unpaired) electrons. The second-order valence-electron chi connectivity index (χ2n) is 3.62. The van der Waals surface area contributed by atoms with Crippen LogP contribution in [0.1, 0.15) is 15.2 Å². The van der Waals surface area contributed by atoms with Gasteiger partial charge in [0.05, 0.1) is 23.7 Å². The molecule has 1 fully saturated rings. The fraction of sp³-hybridized carbons (Fsp3) is 0.455. The Morgan fingerprint density at radius 2 is 2.29 bits per heavy atom. The lowest BCUT2D eigenvalue weighted by molar-refractivity contribution is 0.0967. The Morgan fingerprint density at radius 3 is 2.88 bits per heavy atom. The van der Waals surface area contributed by atoms with Gasteiger partial charge in [0.2, 0.25) is 0 Å². The largest absolute Gasteiger partial charge is 0.378 e. The highest BCUT2D eigenvalue weighted by Crippen LogP contribution is 2.31. The number of anilines is 1. The number of hydrogen-bond acceptors (Lipinski definition) is 5. The van der Waals surface area contributed by atoms with E-state index in [0.717, 1.165) is 18.1 Å². The summed E-state index contributed by atoms with van der Waals surface area (Å²) >= 11 is 1.36. The van der Waals surface area contributed by atoms with Gasteiger partial charge in [-0.1, -0.05) is 0 Å². The quantitative estimate of drug-likeness (QED) is 0.845. The van der Waals surface area contributed by atoms with Crippen molar-refractivity contribution in [1.82, 2.24) is 5.32 Å². The molecule has 5 nitrogen and oxygen atoms in total. The lowest BCUT2D eigenvalue weighted by Gasteiger charge is -2.27. The highest BCUT2D eigenvalue weighted by molar-refractivity contribution is 7.18. The standard InChI is InChI=1S/C11H13N3O2S/c1-13-10(15)9-6-8(7-12)11(17-9)14-2-4-16-5-3-14/h6H,2-5H2,1H3,(H,13,15). The number of rotatable bonds is 2. The van der Waals surface area contributed by atoms with Gasteiger partial charge in [-0.2, -0.15) is 5.26 Å². The number of carbonyl (C=O) groups excluding carboxylic acids is 1. The first kappa shape index (κ1) is 11.9. The molecule has 17 heavy (non-hydrogen) atoms. The number of nitrogens with one attached hydrogen (secondary N) is 1. The molecule has 0 unspecified atom stereocenters. The summed E-state index contributed by atoms with van der Waals surface area (Å²) in [5.74, 6) is -0.147. The maximum Gasteiger partial charge on any atom is 0.261 e. The highest BCUT2D eigenvalue weighted by Gasteiger charge is 2.20. The average Bonchev–Trinajstić information content (AvgIpc) is 2.83. The summed E-state index contributed by atoms with van der Waals surface area (Å²) in [6.45, 7) is 2.86. The lowest BCUT2D eigenvalue weighted by Crippen LogP contribution is -2.36. The van der Waals surface area contributed by atoms with E-state index in [2.05, 4.69) is 16.3 Å². The van der Waals surface area contributed by atoms with Crippen LogP contribution < -0.4 is 10.2 Å². The van der Waals surface area contributed by atoms with Crippen LogP contribution in [0.2, 0.25) is 0 Å². The van der Waals surface area contributed by atoms with E-state index >= 15 is 0 Å². The second kappa shape index (κ2) is 5.17. The molecular weight excluding hydrogens is 238 g/mol. The predicted molar refractivity (Wildman–Crippen MR) is 65.5 cm³/mol. The number of morpholine rings is 1. The zero-order valence-electron chi connectivity index (χ0n) is 9.52. The van der Waals surface area contributed by atoms with Gasteiger partial charge >= 0.3 is 0 Å². The third-order valence-electron chi connectivity index (χ3n) is 2.58. The molecule has 2 heterocycles. The van der Waals surface area contributed by atoms with E-state index in [0.29, 0.717) is 23.7 Å². The van der Waals surface area contributed by atoms with Crippen LogP contribution in [-0.2, 0) is 4.74 Å². The number of carbonyl (C=O) groups is 1. The van der Waals surface area contributed by atoms with Crippen LogP contribution in [0.3, 0.4) is 0 Å². The monoisotopic (exact) mass is 251 g/mol. The maximum absolute atomic E-state index is 11.5. The van der Waals surface area contributed by atoms with Crippen molar-refractivity contribution in [3.8, 4) is 6.07 Å². The van der Waals surface area contributed by atoms with E-state index in [1.807, 2.05) is 0 Å². The van der Waals surface area contributed by atoms with Crippen molar-refractivity contribution in [3.63, 3.8) is 0 Å². The SMILES string of the molecule is CNC(=O)c1cc(C#N)c(N2CCOCC2)s1. The topological polar surface area (TPSA) is 65.4 Å². The predicted octanol–water partition coefficient (Wildman–Crippen LogP) is 0.816. The summed E-state index contributed by atoms with van der Waals surface area (Å²) < 4.78 is 5.27. The van der Waals surface area contributed by atoms with Gasteiger partial charge in [0.25, 0.3) is 5.91 Å². The van der Waals surface area contributed by atoms with E-state index in [1.165, 1.54) is 11.3 Å². The first-order valence-corrected chi connectivity index (χ1v) is 6.16. The molecular formula is C11H13N3O2S. The summed E-state index contributed by atoms with van der Waals surface area (Å²) in [5.41, 5.74) is 0.565. The summed E-state index contributed by atoms with van der Waals surface area (Å²) in [6, 6.07) is 3.79. The minimum Gasteiger partial charge on any atom is -0.378 e. The fourth-order valence-corrected chi connectivity index (χ4v) is 2.80. The maximum atomic E-state index is 11.5. The van der Waals surface area contributed by atoms with Crippen LogP contribution in [0, 0.1) is 11.3 Å². The van der Waals surface area contributed by atoms with Crippen LogP contribution in [0.5, 0.6) is 0 Å². The van der Waals surface area contributed by atoms with Crippen LogP contribution >= 0.6 is 11.3 Å². The molecule has 1 amide bonds. The lowest BCUT2D eigenvalue weighted by atomic mass is 10.3. The molecule has 1 aliphatic heterocycles. The Hall–Kier alpha value is -1.58. The Labute approximate surface area is 104 Å². The van der Waals surface area contributed by atoms with Crippen molar-refractivity contribution in [2.45, 2.75) is 0 Å². The Kier molecular flexibility index (Phi) is 3.61. The Bertz CT molecular complexity index is 458. The zero-order valence-corrected chi connectivity index (χ0v) is 10.3. The number of ether oxygens (including phenoxy) is 1. The van der Waals surface area contributed by atoms with Crippen molar-refractivity contribution < 1.29 is 9.53 Å². The van der Waals surface area contributed by atoms with Crippen LogP contribution in [0.25, 0.3) is 0 Å². The van der Waals surface area contributed by atoms with Crippen LogP contribution in [0.4, 0.5) is 5.00 Å².